The molecule has 0 bridgehead atoms. The van der Waals surface area contributed by atoms with Gasteiger partial charge in [0.15, 0.2) is 16.7 Å². The fraction of sp³-hybridized carbons (Fsp3) is 0.381. The smallest absolute Gasteiger partial charge is 0.233 e. The molecule has 0 N–H and O–H groups in total. The summed E-state index contributed by atoms with van der Waals surface area (Å²) in [4.78, 5) is 16.0. The molecule has 4 rings (SSSR count). The second-order valence-electron chi connectivity index (χ2n) is 7.04. The van der Waals surface area contributed by atoms with Crippen LogP contribution in [0.25, 0.3) is 0 Å². The maximum absolute atomic E-state index is 12.8. The molecular weight excluding hydrogens is 420 g/mol. The van der Waals surface area contributed by atoms with E-state index in [4.69, 9.17) is 9.47 Å². The predicted molar refractivity (Wildman–Crippen MR) is 118 cm³/mol. The van der Waals surface area contributed by atoms with Gasteiger partial charge in [-0.15, -0.1) is 21.5 Å². The molecule has 1 aromatic carbocycles. The molecule has 9 heteroatoms. The minimum atomic E-state index is 0.100. The third-order valence-corrected chi connectivity index (χ3v) is 7.11. The SMILES string of the molecule is COc1cc2c(cc1OC)CN(C(=O)CSc1nnc(Cc3cccs3)n1C)CC2. The first-order valence-corrected chi connectivity index (χ1v) is 11.5. The topological polar surface area (TPSA) is 69.5 Å². The fourth-order valence-corrected chi connectivity index (χ4v) is 5.04. The highest BCUT2D eigenvalue weighted by molar-refractivity contribution is 7.99. The van der Waals surface area contributed by atoms with E-state index < -0.39 is 0 Å². The van der Waals surface area contributed by atoms with Crippen LogP contribution < -0.4 is 9.47 Å². The molecule has 1 aliphatic heterocycles. The Morgan fingerprint density at radius 2 is 1.97 bits per heavy atom. The van der Waals surface area contributed by atoms with Crippen molar-refractivity contribution in [3.63, 3.8) is 0 Å². The molecule has 3 heterocycles. The summed E-state index contributed by atoms with van der Waals surface area (Å²) in [5.41, 5.74) is 2.31. The molecule has 0 aliphatic carbocycles. The lowest BCUT2D eigenvalue weighted by Gasteiger charge is -2.29. The van der Waals surface area contributed by atoms with Crippen molar-refractivity contribution in [1.82, 2.24) is 19.7 Å². The Hall–Kier alpha value is -2.52. The van der Waals surface area contributed by atoms with E-state index in [1.807, 2.05) is 34.7 Å². The summed E-state index contributed by atoms with van der Waals surface area (Å²) in [6.45, 7) is 1.28. The Balaban J connectivity index is 1.38. The number of nitrogens with zero attached hydrogens (tertiary/aromatic N) is 4. The van der Waals surface area contributed by atoms with Crippen molar-refractivity contribution in [3.8, 4) is 11.5 Å². The van der Waals surface area contributed by atoms with Gasteiger partial charge in [-0.1, -0.05) is 17.8 Å². The summed E-state index contributed by atoms with van der Waals surface area (Å²) >= 11 is 3.14. The van der Waals surface area contributed by atoms with Gasteiger partial charge in [-0.3, -0.25) is 4.79 Å². The number of aromatic nitrogens is 3. The predicted octanol–water partition coefficient (Wildman–Crippen LogP) is 3.16. The van der Waals surface area contributed by atoms with Crippen molar-refractivity contribution in [2.75, 3.05) is 26.5 Å². The molecular formula is C21H24N4O3S2. The van der Waals surface area contributed by atoms with Gasteiger partial charge in [0, 0.05) is 31.4 Å². The van der Waals surface area contributed by atoms with Gasteiger partial charge in [0.1, 0.15) is 5.82 Å². The molecule has 0 unspecified atom stereocenters. The van der Waals surface area contributed by atoms with Crippen molar-refractivity contribution in [2.24, 2.45) is 7.05 Å². The summed E-state index contributed by atoms with van der Waals surface area (Å²) in [5.74, 6) is 2.77. The van der Waals surface area contributed by atoms with Crippen molar-refractivity contribution in [3.05, 3.63) is 51.5 Å². The number of ether oxygens (including phenoxy) is 2. The number of rotatable bonds is 7. The number of amides is 1. The lowest BCUT2D eigenvalue weighted by molar-refractivity contribution is -0.129. The molecule has 1 amide bonds. The first-order valence-electron chi connectivity index (χ1n) is 9.64. The number of thioether (sulfide) groups is 1. The highest BCUT2D eigenvalue weighted by Gasteiger charge is 2.23. The van der Waals surface area contributed by atoms with Gasteiger partial charge in [0.05, 0.1) is 20.0 Å². The summed E-state index contributed by atoms with van der Waals surface area (Å²) in [6.07, 6.45) is 1.56. The van der Waals surface area contributed by atoms with Crippen LogP contribution in [0.2, 0.25) is 0 Å². The van der Waals surface area contributed by atoms with E-state index in [0.717, 1.165) is 35.1 Å². The highest BCUT2D eigenvalue weighted by Crippen LogP contribution is 2.33. The van der Waals surface area contributed by atoms with Crippen LogP contribution in [0, 0.1) is 0 Å². The Morgan fingerprint density at radius 1 is 1.20 bits per heavy atom. The van der Waals surface area contributed by atoms with Crippen LogP contribution >= 0.6 is 23.1 Å². The fourth-order valence-electron chi connectivity index (χ4n) is 3.51. The monoisotopic (exact) mass is 444 g/mol. The second-order valence-corrected chi connectivity index (χ2v) is 9.02. The summed E-state index contributed by atoms with van der Waals surface area (Å²) < 4.78 is 12.8. The number of fused-ring (bicyclic) bond motifs is 1. The largest absolute Gasteiger partial charge is 0.493 e. The molecule has 0 saturated heterocycles. The number of benzene rings is 1. The highest BCUT2D eigenvalue weighted by atomic mass is 32.2. The second kappa shape index (κ2) is 9.09. The summed E-state index contributed by atoms with van der Waals surface area (Å²) in [7, 11) is 5.21. The Morgan fingerprint density at radius 3 is 2.67 bits per heavy atom. The minimum absolute atomic E-state index is 0.100. The van der Waals surface area contributed by atoms with E-state index in [9.17, 15) is 4.79 Å². The Labute approximate surface area is 184 Å². The summed E-state index contributed by atoms with van der Waals surface area (Å²) in [6, 6.07) is 8.11. The maximum Gasteiger partial charge on any atom is 0.233 e. The van der Waals surface area contributed by atoms with E-state index in [0.29, 0.717) is 24.6 Å². The standard InChI is InChI=1S/C21H24N4O3S2/c1-24-19(11-16-5-4-8-29-16)22-23-21(24)30-13-20(26)25-7-6-14-9-17(27-2)18(28-3)10-15(14)12-25/h4-5,8-10H,6-7,11-13H2,1-3H3. The van der Waals surface area contributed by atoms with Gasteiger partial charge in [-0.25, -0.2) is 0 Å². The van der Waals surface area contributed by atoms with Crippen molar-refractivity contribution in [2.45, 2.75) is 24.5 Å². The molecule has 0 fully saturated rings. The average molecular weight is 445 g/mol. The quantitative estimate of drug-likeness (QED) is 0.522. The van der Waals surface area contributed by atoms with E-state index in [1.165, 1.54) is 22.2 Å². The van der Waals surface area contributed by atoms with Crippen LogP contribution in [0.5, 0.6) is 11.5 Å². The Kier molecular flexibility index (Phi) is 6.29. The average Bonchev–Trinajstić information content (AvgIpc) is 3.41. The van der Waals surface area contributed by atoms with Crippen molar-refractivity contribution < 1.29 is 14.3 Å². The summed E-state index contributed by atoms with van der Waals surface area (Å²) in [5, 5.41) is 11.4. The van der Waals surface area contributed by atoms with Gasteiger partial charge < -0.3 is 18.9 Å². The number of methoxy groups -OCH3 is 2. The lowest BCUT2D eigenvalue weighted by atomic mass is 9.99. The zero-order chi connectivity index (χ0) is 21.1. The van der Waals surface area contributed by atoms with Crippen LogP contribution in [0.4, 0.5) is 0 Å². The number of thiophene rings is 1. The van der Waals surface area contributed by atoms with Crippen LogP contribution in [-0.2, 0) is 31.2 Å². The van der Waals surface area contributed by atoms with E-state index in [1.54, 1.807) is 25.6 Å². The van der Waals surface area contributed by atoms with Crippen LogP contribution in [0.1, 0.15) is 21.8 Å². The Bertz CT molecular complexity index is 1030. The number of hydrogen-bond acceptors (Lipinski definition) is 7. The van der Waals surface area contributed by atoms with Gasteiger partial charge >= 0.3 is 0 Å². The molecule has 158 valence electrons. The van der Waals surface area contributed by atoms with Crippen molar-refractivity contribution >= 4 is 29.0 Å². The number of hydrogen-bond donors (Lipinski definition) is 0. The molecule has 1 aliphatic rings. The maximum atomic E-state index is 12.8. The van der Waals surface area contributed by atoms with Gasteiger partial charge in [0.25, 0.3) is 0 Å². The van der Waals surface area contributed by atoms with Gasteiger partial charge in [0.2, 0.25) is 5.91 Å². The molecule has 30 heavy (non-hydrogen) atoms. The van der Waals surface area contributed by atoms with Crippen LogP contribution in [0.15, 0.2) is 34.8 Å². The molecule has 2 aromatic heterocycles. The molecule has 0 spiro atoms. The van der Waals surface area contributed by atoms with Gasteiger partial charge in [-0.05, 0) is 41.1 Å². The molecule has 0 atom stereocenters. The zero-order valence-electron chi connectivity index (χ0n) is 17.3. The molecule has 7 nitrogen and oxygen atoms in total. The third kappa shape index (κ3) is 4.32. The molecule has 0 saturated carbocycles. The van der Waals surface area contributed by atoms with Crippen LogP contribution in [-0.4, -0.2) is 52.1 Å². The zero-order valence-corrected chi connectivity index (χ0v) is 18.9. The van der Waals surface area contributed by atoms with E-state index >= 15 is 0 Å². The number of carbonyl (C=O) groups excluding carboxylic acids is 1. The number of carbonyl (C=O) groups is 1. The molecule has 3 aromatic rings. The van der Waals surface area contributed by atoms with Crippen LogP contribution in [0.3, 0.4) is 0 Å². The van der Waals surface area contributed by atoms with E-state index in [2.05, 4.69) is 21.6 Å². The molecule has 0 radical (unpaired) electrons. The third-order valence-electron chi connectivity index (χ3n) is 5.23. The van der Waals surface area contributed by atoms with E-state index in [-0.39, 0.29) is 5.91 Å². The normalized spacial score (nSPS) is 13.2. The first-order chi connectivity index (χ1) is 14.6. The lowest BCUT2D eigenvalue weighted by Crippen LogP contribution is -2.37. The van der Waals surface area contributed by atoms with Crippen molar-refractivity contribution in [1.29, 1.82) is 0 Å². The van der Waals surface area contributed by atoms with Gasteiger partial charge in [-0.2, -0.15) is 0 Å². The first kappa shape index (κ1) is 20.7. The minimum Gasteiger partial charge on any atom is -0.493 e.